The third-order valence-electron chi connectivity index (χ3n) is 6.34. The van der Waals surface area contributed by atoms with E-state index in [4.69, 9.17) is 9.47 Å². The molecular weight excluding hydrogens is 382 g/mol. The first-order valence-corrected chi connectivity index (χ1v) is 11.6. The van der Waals surface area contributed by atoms with Crippen molar-refractivity contribution in [3.63, 3.8) is 0 Å². The van der Waals surface area contributed by atoms with Crippen LogP contribution in [0.2, 0.25) is 0 Å². The molecule has 4 nitrogen and oxygen atoms in total. The summed E-state index contributed by atoms with van der Waals surface area (Å²) in [6.07, 6.45) is 2.82. The zero-order valence-electron chi connectivity index (χ0n) is 17.8. The van der Waals surface area contributed by atoms with Crippen LogP contribution in [0.5, 0.6) is 17.2 Å². The molecule has 2 heterocycles. The number of phenolic OH excluding ortho intramolecular Hbond substituents is 1. The summed E-state index contributed by atoms with van der Waals surface area (Å²) in [5.74, 6) is 4.45. The summed E-state index contributed by atoms with van der Waals surface area (Å²) in [6.45, 7) is 8.57. The second-order valence-electron chi connectivity index (χ2n) is 8.64. The van der Waals surface area contributed by atoms with Crippen LogP contribution in [0.15, 0.2) is 24.3 Å². The Labute approximate surface area is 178 Å². The highest BCUT2D eigenvalue weighted by Gasteiger charge is 2.35. The number of rotatable bonds is 5. The Morgan fingerprint density at radius 2 is 1.93 bits per heavy atom. The van der Waals surface area contributed by atoms with Crippen LogP contribution in [-0.2, 0) is 12.8 Å². The van der Waals surface area contributed by atoms with E-state index >= 15 is 0 Å². The molecule has 2 atom stereocenters. The molecule has 0 aromatic heterocycles. The Morgan fingerprint density at radius 1 is 1.17 bits per heavy atom. The van der Waals surface area contributed by atoms with E-state index in [0.29, 0.717) is 18.4 Å². The first-order chi connectivity index (χ1) is 13.9. The zero-order chi connectivity index (χ0) is 20.6. The highest BCUT2D eigenvalue weighted by molar-refractivity contribution is 7.99. The number of ether oxygens (including phenoxy) is 2. The predicted octanol–water partition coefficient (Wildman–Crippen LogP) is 4.69. The van der Waals surface area contributed by atoms with Crippen LogP contribution in [0.3, 0.4) is 0 Å². The van der Waals surface area contributed by atoms with E-state index in [9.17, 15) is 5.11 Å². The van der Waals surface area contributed by atoms with Crippen molar-refractivity contribution in [3.05, 3.63) is 52.1 Å². The van der Waals surface area contributed by atoms with Gasteiger partial charge in [0.05, 0.1) is 0 Å². The summed E-state index contributed by atoms with van der Waals surface area (Å²) in [4.78, 5) is 0. The average Bonchev–Trinajstić information content (AvgIpc) is 3.23. The SMILES string of the molecule is Cc1c(C)c2c(c(C)c1O)CCC(C)(COc1ccc(CC3CSCN3)cc1)O2. The first kappa shape index (κ1) is 20.4. The average molecular weight is 414 g/mol. The number of hydrogen-bond donors (Lipinski definition) is 2. The van der Waals surface area contributed by atoms with Crippen molar-refractivity contribution in [1.82, 2.24) is 5.32 Å². The van der Waals surface area contributed by atoms with Crippen LogP contribution in [0.1, 0.15) is 41.2 Å². The molecule has 156 valence electrons. The maximum Gasteiger partial charge on any atom is 0.140 e. The van der Waals surface area contributed by atoms with Crippen molar-refractivity contribution in [2.45, 2.75) is 58.6 Å². The van der Waals surface area contributed by atoms with Crippen molar-refractivity contribution in [3.8, 4) is 17.2 Å². The number of nitrogens with one attached hydrogen (secondary N) is 1. The van der Waals surface area contributed by atoms with Gasteiger partial charge in [-0.25, -0.2) is 0 Å². The third kappa shape index (κ3) is 4.22. The molecule has 2 aromatic rings. The molecule has 0 radical (unpaired) electrons. The number of benzene rings is 2. The Kier molecular flexibility index (Phi) is 5.71. The fourth-order valence-corrected chi connectivity index (χ4v) is 5.20. The van der Waals surface area contributed by atoms with Gasteiger partial charge in [-0.15, -0.1) is 11.8 Å². The number of aromatic hydroxyl groups is 1. The lowest BCUT2D eigenvalue weighted by Gasteiger charge is -2.37. The molecule has 0 bridgehead atoms. The molecule has 1 fully saturated rings. The van der Waals surface area contributed by atoms with Gasteiger partial charge >= 0.3 is 0 Å². The Balaban J connectivity index is 1.41. The molecule has 5 heteroatoms. The predicted molar refractivity (Wildman–Crippen MR) is 120 cm³/mol. The van der Waals surface area contributed by atoms with Crippen LogP contribution in [0, 0.1) is 20.8 Å². The molecule has 2 aliphatic heterocycles. The van der Waals surface area contributed by atoms with Gasteiger partial charge in [-0.05, 0) is 81.3 Å². The monoisotopic (exact) mass is 413 g/mol. The molecule has 0 amide bonds. The molecule has 2 aromatic carbocycles. The van der Waals surface area contributed by atoms with Crippen LogP contribution in [0.4, 0.5) is 0 Å². The van der Waals surface area contributed by atoms with Gasteiger partial charge in [0, 0.05) is 23.2 Å². The summed E-state index contributed by atoms with van der Waals surface area (Å²) in [7, 11) is 0. The van der Waals surface area contributed by atoms with Crippen LogP contribution in [-0.4, -0.2) is 35.0 Å². The largest absolute Gasteiger partial charge is 0.507 e. The van der Waals surface area contributed by atoms with Crippen LogP contribution < -0.4 is 14.8 Å². The molecule has 0 spiro atoms. The summed E-state index contributed by atoms with van der Waals surface area (Å²) in [5.41, 5.74) is 4.96. The maximum absolute atomic E-state index is 10.4. The van der Waals surface area contributed by atoms with Gasteiger partial charge in [0.15, 0.2) is 0 Å². The molecule has 4 rings (SSSR count). The lowest BCUT2D eigenvalue weighted by Crippen LogP contribution is -2.42. The summed E-state index contributed by atoms with van der Waals surface area (Å²) in [5, 5.41) is 13.9. The van der Waals surface area contributed by atoms with Gasteiger partial charge in [-0.2, -0.15) is 0 Å². The minimum absolute atomic E-state index is 0.378. The van der Waals surface area contributed by atoms with Gasteiger partial charge in [0.1, 0.15) is 29.5 Å². The minimum Gasteiger partial charge on any atom is -0.507 e. The molecule has 29 heavy (non-hydrogen) atoms. The fourth-order valence-electron chi connectivity index (χ4n) is 4.21. The minimum atomic E-state index is -0.378. The Morgan fingerprint density at radius 3 is 2.62 bits per heavy atom. The summed E-state index contributed by atoms with van der Waals surface area (Å²) >= 11 is 1.96. The van der Waals surface area contributed by atoms with E-state index in [0.717, 1.165) is 58.9 Å². The van der Waals surface area contributed by atoms with E-state index in [1.807, 2.05) is 32.5 Å². The van der Waals surface area contributed by atoms with Gasteiger partial charge in [0.25, 0.3) is 0 Å². The van der Waals surface area contributed by atoms with Gasteiger partial charge < -0.3 is 19.9 Å². The molecule has 2 unspecified atom stereocenters. The van der Waals surface area contributed by atoms with E-state index in [2.05, 4.69) is 36.5 Å². The fraction of sp³-hybridized carbons (Fsp3) is 0.500. The maximum atomic E-state index is 10.4. The second kappa shape index (κ2) is 8.11. The number of thioether (sulfide) groups is 1. The van der Waals surface area contributed by atoms with E-state index in [1.54, 1.807) is 0 Å². The smallest absolute Gasteiger partial charge is 0.140 e. The number of hydrogen-bond acceptors (Lipinski definition) is 5. The van der Waals surface area contributed by atoms with Crippen molar-refractivity contribution in [2.75, 3.05) is 18.2 Å². The Hall–Kier alpha value is -1.85. The highest BCUT2D eigenvalue weighted by Crippen LogP contribution is 2.43. The van der Waals surface area contributed by atoms with Crippen molar-refractivity contribution in [1.29, 1.82) is 0 Å². The first-order valence-electron chi connectivity index (χ1n) is 10.4. The van der Waals surface area contributed by atoms with Crippen LogP contribution in [0.25, 0.3) is 0 Å². The molecule has 1 saturated heterocycles. The standard InChI is InChI=1S/C24H31NO3S/c1-15-16(2)23-21(17(3)22(15)26)9-10-24(4,28-23)13-27-20-7-5-18(6-8-20)11-19-12-29-14-25-19/h5-8,19,25-26H,9-14H2,1-4H3. The third-order valence-corrected chi connectivity index (χ3v) is 7.34. The van der Waals surface area contributed by atoms with Crippen molar-refractivity contribution < 1.29 is 14.6 Å². The zero-order valence-corrected chi connectivity index (χ0v) is 18.6. The van der Waals surface area contributed by atoms with Crippen LogP contribution >= 0.6 is 11.8 Å². The number of phenols is 1. The van der Waals surface area contributed by atoms with Crippen molar-refractivity contribution in [2.24, 2.45) is 0 Å². The summed E-state index contributed by atoms with van der Waals surface area (Å²) < 4.78 is 12.6. The molecule has 2 aliphatic rings. The molecule has 2 N–H and O–H groups in total. The highest BCUT2D eigenvalue weighted by atomic mass is 32.2. The number of fused-ring (bicyclic) bond motifs is 1. The van der Waals surface area contributed by atoms with Gasteiger partial charge in [-0.3, -0.25) is 0 Å². The molecular formula is C24H31NO3S. The van der Waals surface area contributed by atoms with E-state index in [1.165, 1.54) is 11.3 Å². The van der Waals surface area contributed by atoms with Gasteiger partial charge in [0.2, 0.25) is 0 Å². The second-order valence-corrected chi connectivity index (χ2v) is 9.67. The summed E-state index contributed by atoms with van der Waals surface area (Å²) in [6, 6.07) is 9.04. The van der Waals surface area contributed by atoms with Gasteiger partial charge in [-0.1, -0.05) is 12.1 Å². The van der Waals surface area contributed by atoms with E-state index < -0.39 is 0 Å². The lowest BCUT2D eigenvalue weighted by molar-refractivity contribution is 0.0166. The quantitative estimate of drug-likeness (QED) is 0.745. The Bertz CT molecular complexity index is 890. The molecule has 0 aliphatic carbocycles. The topological polar surface area (TPSA) is 50.7 Å². The van der Waals surface area contributed by atoms with Crippen molar-refractivity contribution >= 4 is 11.8 Å². The normalized spacial score (nSPS) is 23.5. The molecule has 0 saturated carbocycles. The lowest BCUT2D eigenvalue weighted by atomic mass is 9.87. The van der Waals surface area contributed by atoms with E-state index in [-0.39, 0.29) is 5.60 Å².